The second-order valence-electron chi connectivity index (χ2n) is 6.58. The Hall–Kier alpha value is -3.41. The number of aromatic amines is 1. The van der Waals surface area contributed by atoms with E-state index in [9.17, 15) is 14.0 Å². The smallest absolute Gasteiger partial charge is 0.261 e. The van der Waals surface area contributed by atoms with Crippen LogP contribution in [0.4, 0.5) is 21.5 Å². The highest BCUT2D eigenvalue weighted by Crippen LogP contribution is 2.37. The Kier molecular flexibility index (Phi) is 4.03. The van der Waals surface area contributed by atoms with Gasteiger partial charge in [0.15, 0.2) is 0 Å². The molecule has 4 rings (SSSR count). The molecule has 2 heterocycles. The van der Waals surface area contributed by atoms with Crippen molar-refractivity contribution in [1.29, 1.82) is 0 Å². The molecule has 0 unspecified atom stereocenters. The van der Waals surface area contributed by atoms with Gasteiger partial charge < -0.3 is 9.88 Å². The molecule has 3 aromatic rings. The number of nitrogens with zero attached hydrogens (tertiary/aromatic N) is 2. The van der Waals surface area contributed by atoms with Crippen molar-refractivity contribution in [2.24, 2.45) is 0 Å². The summed E-state index contributed by atoms with van der Waals surface area (Å²) in [5, 5.41) is 0. The molecule has 5 nitrogen and oxygen atoms in total. The van der Waals surface area contributed by atoms with Gasteiger partial charge in [-0.3, -0.25) is 14.5 Å². The average molecular weight is 363 g/mol. The lowest BCUT2D eigenvalue weighted by Crippen LogP contribution is -2.45. The van der Waals surface area contributed by atoms with Gasteiger partial charge in [-0.05, 0) is 55.8 Å². The quantitative estimate of drug-likeness (QED) is 0.752. The van der Waals surface area contributed by atoms with Gasteiger partial charge in [0.1, 0.15) is 12.5 Å². The summed E-state index contributed by atoms with van der Waals surface area (Å²) >= 11 is 0. The van der Waals surface area contributed by atoms with E-state index < -0.39 is 0 Å². The number of carbonyl (C=O) groups excluding carboxylic acids is 1. The van der Waals surface area contributed by atoms with Crippen LogP contribution in [0.5, 0.6) is 0 Å². The van der Waals surface area contributed by atoms with Gasteiger partial charge in [-0.25, -0.2) is 4.39 Å². The molecule has 1 aliphatic rings. The lowest BCUT2D eigenvalue weighted by atomic mass is 10.0. The first kappa shape index (κ1) is 17.0. The highest BCUT2D eigenvalue weighted by Gasteiger charge is 2.32. The number of H-pyrrole nitrogens is 1. The Bertz CT molecular complexity index is 1110. The maximum absolute atomic E-state index is 13.6. The normalized spacial score (nSPS) is 13.7. The monoisotopic (exact) mass is 363 g/mol. The Morgan fingerprint density at radius 2 is 1.63 bits per heavy atom. The van der Waals surface area contributed by atoms with Crippen molar-refractivity contribution >= 4 is 23.0 Å². The van der Waals surface area contributed by atoms with Crippen LogP contribution in [0.15, 0.2) is 59.4 Å². The van der Waals surface area contributed by atoms with Crippen LogP contribution >= 0.6 is 0 Å². The molecule has 0 spiro atoms. The predicted octanol–water partition coefficient (Wildman–Crippen LogP) is 3.89. The molecule has 6 heteroatoms. The van der Waals surface area contributed by atoms with Crippen molar-refractivity contribution < 1.29 is 9.18 Å². The minimum Gasteiger partial charge on any atom is -0.324 e. The van der Waals surface area contributed by atoms with E-state index in [0.29, 0.717) is 16.9 Å². The maximum Gasteiger partial charge on any atom is 0.261 e. The number of amides is 1. The van der Waals surface area contributed by atoms with Gasteiger partial charge >= 0.3 is 0 Å². The van der Waals surface area contributed by atoms with E-state index in [1.54, 1.807) is 30.0 Å². The average Bonchev–Trinajstić information content (AvgIpc) is 2.64. The van der Waals surface area contributed by atoms with Crippen LogP contribution in [0.3, 0.4) is 0 Å². The molecule has 0 bridgehead atoms. The van der Waals surface area contributed by atoms with Gasteiger partial charge in [-0.2, -0.15) is 0 Å². The molecule has 0 saturated carbocycles. The number of hydrogen-bond donors (Lipinski definition) is 1. The number of halogens is 1. The lowest BCUT2D eigenvalue weighted by Gasteiger charge is -2.39. The van der Waals surface area contributed by atoms with E-state index >= 15 is 0 Å². The molecule has 0 saturated heterocycles. The number of aryl methyl sites for hydroxylation is 2. The summed E-state index contributed by atoms with van der Waals surface area (Å²) in [6.45, 7) is 3.86. The topological polar surface area (TPSA) is 56.4 Å². The van der Waals surface area contributed by atoms with Crippen molar-refractivity contribution in [3.63, 3.8) is 0 Å². The number of carbonyl (C=O) groups is 1. The van der Waals surface area contributed by atoms with Gasteiger partial charge in [-0.1, -0.05) is 12.1 Å². The van der Waals surface area contributed by atoms with E-state index in [1.165, 1.54) is 18.2 Å². The molecule has 1 amide bonds. The number of nitrogens with one attached hydrogen (secondary N) is 1. The number of anilines is 3. The number of benzene rings is 2. The minimum atomic E-state index is -0.300. The molecule has 1 N–H and O–H groups in total. The SMILES string of the molecule is Cc1cc(F)ccc1N1CN(c2ccc(=O)[nH]c2C)C(=O)c2ccccc21. The fourth-order valence-electron chi connectivity index (χ4n) is 3.49. The number of pyridine rings is 1. The highest BCUT2D eigenvalue weighted by molar-refractivity contribution is 6.12. The van der Waals surface area contributed by atoms with Crippen LogP contribution < -0.4 is 15.4 Å². The van der Waals surface area contributed by atoms with Crippen LogP contribution in [-0.4, -0.2) is 17.6 Å². The summed E-state index contributed by atoms with van der Waals surface area (Å²) in [5.41, 5.74) is 3.96. The van der Waals surface area contributed by atoms with E-state index in [2.05, 4.69) is 4.98 Å². The minimum absolute atomic E-state index is 0.142. The Balaban J connectivity index is 1.88. The number of fused-ring (bicyclic) bond motifs is 1. The summed E-state index contributed by atoms with van der Waals surface area (Å²) in [6, 6.07) is 15.0. The molecule has 2 aromatic carbocycles. The Morgan fingerprint density at radius 1 is 0.889 bits per heavy atom. The van der Waals surface area contributed by atoms with Crippen molar-refractivity contribution in [3.05, 3.63) is 87.6 Å². The Morgan fingerprint density at radius 3 is 2.37 bits per heavy atom. The molecule has 136 valence electrons. The molecule has 0 fully saturated rings. The van der Waals surface area contributed by atoms with Gasteiger partial charge in [0.05, 0.1) is 16.9 Å². The third kappa shape index (κ3) is 2.89. The third-order valence-electron chi connectivity index (χ3n) is 4.78. The van der Waals surface area contributed by atoms with Crippen molar-refractivity contribution in [2.75, 3.05) is 16.5 Å². The second-order valence-corrected chi connectivity index (χ2v) is 6.58. The van der Waals surface area contributed by atoms with Gasteiger partial charge in [0, 0.05) is 17.4 Å². The Labute approximate surface area is 155 Å². The molecule has 0 radical (unpaired) electrons. The van der Waals surface area contributed by atoms with Crippen LogP contribution in [0, 0.1) is 19.7 Å². The number of aromatic nitrogens is 1. The molecule has 27 heavy (non-hydrogen) atoms. The summed E-state index contributed by atoms with van der Waals surface area (Å²) in [7, 11) is 0. The zero-order chi connectivity index (χ0) is 19.1. The molecule has 1 aliphatic heterocycles. The number of hydrogen-bond acceptors (Lipinski definition) is 3. The largest absolute Gasteiger partial charge is 0.324 e. The summed E-state index contributed by atoms with van der Waals surface area (Å²) < 4.78 is 13.6. The number of rotatable bonds is 2. The standard InChI is InChI=1S/C21H18FN3O2/c1-13-11-15(22)7-8-17(13)24-12-25(18-9-10-20(26)23-14(18)2)21(27)16-5-3-4-6-19(16)24/h3-11H,12H2,1-2H3,(H,23,26). The van der Waals surface area contributed by atoms with Gasteiger partial charge in [-0.15, -0.1) is 0 Å². The first-order valence-electron chi connectivity index (χ1n) is 8.60. The van der Waals surface area contributed by atoms with Crippen LogP contribution in [0.25, 0.3) is 0 Å². The third-order valence-corrected chi connectivity index (χ3v) is 4.78. The second kappa shape index (κ2) is 6.39. The van der Waals surface area contributed by atoms with Crippen molar-refractivity contribution in [3.8, 4) is 0 Å². The fourth-order valence-corrected chi connectivity index (χ4v) is 3.49. The first-order chi connectivity index (χ1) is 13.0. The molecule has 1 aromatic heterocycles. The highest BCUT2D eigenvalue weighted by atomic mass is 19.1. The molecular formula is C21H18FN3O2. The van der Waals surface area contributed by atoms with E-state index in [4.69, 9.17) is 0 Å². The predicted molar refractivity (Wildman–Crippen MR) is 103 cm³/mol. The van der Waals surface area contributed by atoms with E-state index in [1.807, 2.05) is 30.0 Å². The van der Waals surface area contributed by atoms with Crippen molar-refractivity contribution in [1.82, 2.24) is 4.98 Å². The fraction of sp³-hybridized carbons (Fsp3) is 0.143. The number of para-hydroxylation sites is 1. The summed E-state index contributed by atoms with van der Waals surface area (Å²) in [4.78, 5) is 31.0. The zero-order valence-corrected chi connectivity index (χ0v) is 15.0. The van der Waals surface area contributed by atoms with Gasteiger partial charge in [0.2, 0.25) is 5.56 Å². The summed E-state index contributed by atoms with van der Waals surface area (Å²) in [6.07, 6.45) is 0. The van der Waals surface area contributed by atoms with Crippen LogP contribution in [0.1, 0.15) is 21.6 Å². The maximum atomic E-state index is 13.6. The van der Waals surface area contributed by atoms with E-state index in [0.717, 1.165) is 16.9 Å². The van der Waals surface area contributed by atoms with Crippen molar-refractivity contribution in [2.45, 2.75) is 13.8 Å². The molecule has 0 atom stereocenters. The summed E-state index contributed by atoms with van der Waals surface area (Å²) in [5.74, 6) is -0.442. The van der Waals surface area contributed by atoms with E-state index in [-0.39, 0.29) is 24.0 Å². The van der Waals surface area contributed by atoms with Crippen LogP contribution in [-0.2, 0) is 0 Å². The van der Waals surface area contributed by atoms with Crippen LogP contribution in [0.2, 0.25) is 0 Å². The molecular weight excluding hydrogens is 345 g/mol. The molecule has 0 aliphatic carbocycles. The van der Waals surface area contributed by atoms with Gasteiger partial charge in [0.25, 0.3) is 5.91 Å². The first-order valence-corrected chi connectivity index (χ1v) is 8.60. The lowest BCUT2D eigenvalue weighted by molar-refractivity contribution is 0.0983. The zero-order valence-electron chi connectivity index (χ0n) is 15.0.